The van der Waals surface area contributed by atoms with Gasteiger partial charge < -0.3 is 18.9 Å². The Bertz CT molecular complexity index is 1590. The van der Waals surface area contributed by atoms with Crippen LogP contribution in [0.5, 0.6) is 23.0 Å². The highest BCUT2D eigenvalue weighted by Crippen LogP contribution is 2.28. The maximum absolute atomic E-state index is 12.8. The lowest BCUT2D eigenvalue weighted by atomic mass is 10.1. The van der Waals surface area contributed by atoms with E-state index in [0.29, 0.717) is 34.6 Å². The van der Waals surface area contributed by atoms with Gasteiger partial charge in [0.2, 0.25) is 0 Å². The van der Waals surface area contributed by atoms with Crippen molar-refractivity contribution in [3.63, 3.8) is 0 Å². The molecule has 0 aromatic heterocycles. The maximum atomic E-state index is 12.8. The number of nitrogens with zero attached hydrogens (tertiary/aromatic N) is 1. The number of hydrogen-bond donors (Lipinski definition) is 1. The molecule has 9 heteroatoms. The third kappa shape index (κ3) is 8.15. The fourth-order valence-corrected chi connectivity index (χ4v) is 3.72. The van der Waals surface area contributed by atoms with Gasteiger partial charge >= 0.3 is 11.9 Å². The summed E-state index contributed by atoms with van der Waals surface area (Å²) in [4.78, 5) is 37.7. The van der Waals surface area contributed by atoms with Crippen LogP contribution in [0.15, 0.2) is 115 Å². The minimum Gasteiger partial charge on any atom is -0.493 e. The molecule has 0 aliphatic heterocycles. The second-order valence-corrected chi connectivity index (χ2v) is 8.77. The van der Waals surface area contributed by atoms with Crippen LogP contribution in [0.25, 0.3) is 0 Å². The smallest absolute Gasteiger partial charge is 0.343 e. The number of rotatable bonds is 12. The van der Waals surface area contributed by atoms with E-state index >= 15 is 0 Å². The van der Waals surface area contributed by atoms with E-state index in [1.165, 1.54) is 25.5 Å². The summed E-state index contributed by atoms with van der Waals surface area (Å²) < 4.78 is 22.0. The number of methoxy groups -OCH3 is 1. The van der Waals surface area contributed by atoms with E-state index in [-0.39, 0.29) is 18.1 Å². The zero-order valence-electron chi connectivity index (χ0n) is 22.8. The van der Waals surface area contributed by atoms with Crippen molar-refractivity contribution in [2.45, 2.75) is 6.42 Å². The number of allylic oxidation sites excluding steroid dienone is 1. The summed E-state index contributed by atoms with van der Waals surface area (Å²) in [5.41, 5.74) is 4.40. The third-order valence-corrected chi connectivity index (χ3v) is 5.78. The van der Waals surface area contributed by atoms with Crippen LogP contribution in [0.4, 0.5) is 0 Å². The predicted molar refractivity (Wildman–Crippen MR) is 157 cm³/mol. The van der Waals surface area contributed by atoms with Gasteiger partial charge in [0.1, 0.15) is 11.5 Å². The molecular formula is C33H28N2O7. The highest BCUT2D eigenvalue weighted by atomic mass is 16.5. The van der Waals surface area contributed by atoms with E-state index in [1.807, 2.05) is 12.1 Å². The van der Waals surface area contributed by atoms with Gasteiger partial charge in [-0.1, -0.05) is 48.5 Å². The Balaban J connectivity index is 1.45. The third-order valence-electron chi connectivity index (χ3n) is 5.78. The lowest BCUT2D eigenvalue weighted by Crippen LogP contribution is -2.24. The van der Waals surface area contributed by atoms with E-state index in [0.717, 1.165) is 5.56 Å². The molecule has 0 aliphatic carbocycles. The molecule has 0 saturated heterocycles. The maximum Gasteiger partial charge on any atom is 0.343 e. The molecule has 0 heterocycles. The van der Waals surface area contributed by atoms with Gasteiger partial charge in [0.05, 0.1) is 24.5 Å². The van der Waals surface area contributed by atoms with E-state index in [4.69, 9.17) is 18.9 Å². The Labute approximate surface area is 243 Å². The number of carbonyl (C=O) groups excluding carboxylic acids is 3. The minimum atomic E-state index is -0.623. The van der Waals surface area contributed by atoms with Crippen LogP contribution in [0.3, 0.4) is 0 Å². The summed E-state index contributed by atoms with van der Waals surface area (Å²) in [6.07, 6.45) is 3.75. The van der Waals surface area contributed by atoms with Gasteiger partial charge in [0.25, 0.3) is 5.91 Å². The summed E-state index contributed by atoms with van der Waals surface area (Å²) >= 11 is 0. The van der Waals surface area contributed by atoms with Crippen LogP contribution in [-0.4, -0.2) is 37.8 Å². The van der Waals surface area contributed by atoms with Crippen LogP contribution in [-0.2, 0) is 11.2 Å². The zero-order valence-corrected chi connectivity index (χ0v) is 22.8. The number of hydrazone groups is 1. The minimum absolute atomic E-state index is 0.0702. The molecule has 4 rings (SSSR count). The van der Waals surface area contributed by atoms with Crippen LogP contribution < -0.4 is 24.4 Å². The molecule has 9 nitrogen and oxygen atoms in total. The fraction of sp³-hybridized carbons (Fsp3) is 0.0909. The summed E-state index contributed by atoms with van der Waals surface area (Å²) in [5.74, 6) is -0.606. The highest BCUT2D eigenvalue weighted by Gasteiger charge is 2.15. The number of amides is 1. The Kier molecular flexibility index (Phi) is 10.2. The SMILES string of the molecule is C=CCc1ccc(OCC(=O)N/N=C/c2ccc(OC(=O)c3ccccc3)cc2OC(=O)c2ccccc2)c(OC)c1. The standard InChI is InChI=1S/C33H28N2O7/c1-3-10-23-15-18-28(30(19-23)39-2)40-22-31(36)35-34-21-26-16-17-27(41-32(37)24-11-6-4-7-12-24)20-29(26)42-33(38)25-13-8-5-9-14-25/h3-9,11-21H,1,10,22H2,2H3,(H,35,36)/b34-21+. The van der Waals surface area contributed by atoms with Crippen molar-refractivity contribution >= 4 is 24.1 Å². The molecule has 212 valence electrons. The van der Waals surface area contributed by atoms with Crippen molar-refractivity contribution in [2.75, 3.05) is 13.7 Å². The predicted octanol–water partition coefficient (Wildman–Crippen LogP) is 5.39. The monoisotopic (exact) mass is 564 g/mol. The summed E-state index contributed by atoms with van der Waals surface area (Å²) in [6.45, 7) is 3.40. The van der Waals surface area contributed by atoms with Crippen LogP contribution >= 0.6 is 0 Å². The lowest BCUT2D eigenvalue weighted by Gasteiger charge is -2.11. The van der Waals surface area contributed by atoms with Gasteiger partial charge in [-0.25, -0.2) is 15.0 Å². The van der Waals surface area contributed by atoms with Crippen molar-refractivity contribution in [2.24, 2.45) is 5.10 Å². The van der Waals surface area contributed by atoms with E-state index in [2.05, 4.69) is 17.1 Å². The van der Waals surface area contributed by atoms with Crippen molar-refractivity contribution in [3.05, 3.63) is 132 Å². The number of nitrogens with one attached hydrogen (secondary N) is 1. The fourth-order valence-electron chi connectivity index (χ4n) is 3.72. The number of ether oxygens (including phenoxy) is 4. The molecule has 4 aromatic rings. The van der Waals surface area contributed by atoms with E-state index < -0.39 is 17.8 Å². The Morgan fingerprint density at radius 1 is 0.786 bits per heavy atom. The average Bonchev–Trinajstić information content (AvgIpc) is 3.02. The number of benzene rings is 4. The van der Waals surface area contributed by atoms with Gasteiger partial charge in [0, 0.05) is 11.6 Å². The van der Waals surface area contributed by atoms with Crippen LogP contribution in [0, 0.1) is 0 Å². The zero-order chi connectivity index (χ0) is 29.7. The molecule has 0 bridgehead atoms. The molecule has 0 fully saturated rings. The summed E-state index contributed by atoms with van der Waals surface area (Å²) in [7, 11) is 1.51. The Hall–Kier alpha value is -5.70. The molecule has 0 radical (unpaired) electrons. The lowest BCUT2D eigenvalue weighted by molar-refractivity contribution is -0.123. The topological polar surface area (TPSA) is 113 Å². The molecule has 0 unspecified atom stereocenters. The van der Waals surface area contributed by atoms with Crippen molar-refractivity contribution in [1.29, 1.82) is 0 Å². The van der Waals surface area contributed by atoms with E-state index in [1.54, 1.807) is 78.9 Å². The first-order valence-corrected chi connectivity index (χ1v) is 12.9. The average molecular weight is 565 g/mol. The highest BCUT2D eigenvalue weighted by molar-refractivity contribution is 5.94. The molecule has 4 aromatic carbocycles. The summed E-state index contributed by atoms with van der Waals surface area (Å²) in [6, 6.07) is 26.7. The number of carbonyl (C=O) groups is 3. The molecule has 0 atom stereocenters. The van der Waals surface area contributed by atoms with Crippen molar-refractivity contribution in [3.8, 4) is 23.0 Å². The quantitative estimate of drug-likeness (QED) is 0.0807. The Morgan fingerprint density at radius 2 is 1.45 bits per heavy atom. The molecule has 1 amide bonds. The van der Waals surface area contributed by atoms with Crippen LogP contribution in [0.1, 0.15) is 31.8 Å². The number of hydrogen-bond acceptors (Lipinski definition) is 8. The van der Waals surface area contributed by atoms with Crippen LogP contribution in [0.2, 0.25) is 0 Å². The normalized spacial score (nSPS) is 10.5. The molecule has 1 N–H and O–H groups in total. The van der Waals surface area contributed by atoms with Gasteiger partial charge in [-0.15, -0.1) is 6.58 Å². The van der Waals surface area contributed by atoms with Gasteiger partial charge in [-0.2, -0.15) is 5.10 Å². The summed E-state index contributed by atoms with van der Waals surface area (Å²) in [5, 5.41) is 3.97. The molecule has 0 saturated carbocycles. The first-order chi connectivity index (χ1) is 20.5. The molecule has 0 spiro atoms. The van der Waals surface area contributed by atoms with Gasteiger partial charge in [-0.05, 0) is 60.5 Å². The van der Waals surface area contributed by atoms with Gasteiger partial charge in [-0.3, -0.25) is 4.79 Å². The molecule has 42 heavy (non-hydrogen) atoms. The Morgan fingerprint density at radius 3 is 2.10 bits per heavy atom. The second kappa shape index (κ2) is 14.6. The van der Waals surface area contributed by atoms with Crippen molar-refractivity contribution < 1.29 is 33.3 Å². The first-order valence-electron chi connectivity index (χ1n) is 12.9. The van der Waals surface area contributed by atoms with Crippen molar-refractivity contribution in [1.82, 2.24) is 5.43 Å². The molecule has 0 aliphatic rings. The van der Waals surface area contributed by atoms with E-state index in [9.17, 15) is 14.4 Å². The first kappa shape index (κ1) is 29.3. The van der Waals surface area contributed by atoms with Gasteiger partial charge in [0.15, 0.2) is 18.1 Å². The number of esters is 2. The second-order valence-electron chi connectivity index (χ2n) is 8.77. The molecular weight excluding hydrogens is 536 g/mol. The largest absolute Gasteiger partial charge is 0.493 e.